The Balaban J connectivity index is 1.84. The number of aromatic nitrogens is 4. The maximum atomic E-state index is 5.84. The molecule has 2 heterocycles. The molecule has 2 aromatic carbocycles. The molecule has 6 heteroatoms. The zero-order valence-corrected chi connectivity index (χ0v) is 15.4. The average molecular weight is 350 g/mol. The Morgan fingerprint density at radius 2 is 1.08 bits per heavy atom. The van der Waals surface area contributed by atoms with E-state index in [0.29, 0.717) is 0 Å². The SMILES string of the molecule is CO[C@H](c1nc2ccccc2n1C)[C@H](OC)c1nc2ccccc2n1C. The second-order valence-corrected chi connectivity index (χ2v) is 6.35. The molecular weight excluding hydrogens is 328 g/mol. The van der Waals surface area contributed by atoms with Gasteiger partial charge in [-0.05, 0) is 24.3 Å². The van der Waals surface area contributed by atoms with Crippen molar-refractivity contribution >= 4 is 22.1 Å². The summed E-state index contributed by atoms with van der Waals surface area (Å²) in [4.78, 5) is 9.56. The molecule has 0 spiro atoms. The second-order valence-electron chi connectivity index (χ2n) is 6.35. The molecule has 26 heavy (non-hydrogen) atoms. The van der Waals surface area contributed by atoms with Crippen LogP contribution in [-0.4, -0.2) is 33.3 Å². The van der Waals surface area contributed by atoms with Gasteiger partial charge in [-0.1, -0.05) is 24.3 Å². The van der Waals surface area contributed by atoms with Gasteiger partial charge in [0.15, 0.2) is 0 Å². The molecule has 0 unspecified atom stereocenters. The molecule has 4 rings (SSSR count). The second kappa shape index (κ2) is 6.55. The quantitative estimate of drug-likeness (QED) is 0.552. The van der Waals surface area contributed by atoms with Crippen LogP contribution in [0.15, 0.2) is 48.5 Å². The van der Waals surface area contributed by atoms with Crippen LogP contribution >= 0.6 is 0 Å². The zero-order valence-electron chi connectivity index (χ0n) is 15.4. The Kier molecular flexibility index (Phi) is 4.22. The van der Waals surface area contributed by atoms with E-state index in [4.69, 9.17) is 19.4 Å². The van der Waals surface area contributed by atoms with Crippen molar-refractivity contribution in [2.75, 3.05) is 14.2 Å². The minimum atomic E-state index is -0.382. The van der Waals surface area contributed by atoms with Crippen LogP contribution in [0.25, 0.3) is 22.1 Å². The van der Waals surface area contributed by atoms with Crippen LogP contribution in [0.1, 0.15) is 23.9 Å². The van der Waals surface area contributed by atoms with Gasteiger partial charge in [0, 0.05) is 28.3 Å². The van der Waals surface area contributed by atoms with E-state index in [0.717, 1.165) is 33.7 Å². The Labute approximate surface area is 152 Å². The Morgan fingerprint density at radius 3 is 1.42 bits per heavy atom. The van der Waals surface area contributed by atoms with E-state index < -0.39 is 0 Å². The van der Waals surface area contributed by atoms with Gasteiger partial charge in [0.25, 0.3) is 0 Å². The fraction of sp³-hybridized carbons (Fsp3) is 0.300. The van der Waals surface area contributed by atoms with Crippen molar-refractivity contribution < 1.29 is 9.47 Å². The monoisotopic (exact) mass is 350 g/mol. The maximum absolute atomic E-state index is 5.84. The Morgan fingerprint density at radius 1 is 0.692 bits per heavy atom. The predicted octanol–water partition coefficient (Wildman–Crippen LogP) is 3.54. The van der Waals surface area contributed by atoms with Gasteiger partial charge in [0.1, 0.15) is 23.9 Å². The van der Waals surface area contributed by atoms with Gasteiger partial charge in [-0.3, -0.25) is 0 Å². The third kappa shape index (κ3) is 2.50. The Hall–Kier alpha value is -2.70. The highest BCUT2D eigenvalue weighted by Gasteiger charge is 2.32. The zero-order chi connectivity index (χ0) is 18.3. The summed E-state index contributed by atoms with van der Waals surface area (Å²) in [7, 11) is 7.36. The lowest BCUT2D eigenvalue weighted by Gasteiger charge is -2.24. The van der Waals surface area contributed by atoms with Crippen molar-refractivity contribution in [2.24, 2.45) is 14.1 Å². The summed E-state index contributed by atoms with van der Waals surface area (Å²) < 4.78 is 15.8. The van der Waals surface area contributed by atoms with Crippen LogP contribution in [-0.2, 0) is 23.6 Å². The summed E-state index contributed by atoms with van der Waals surface area (Å²) in [6, 6.07) is 16.1. The molecule has 0 aliphatic rings. The normalized spacial score (nSPS) is 14.2. The Bertz CT molecular complexity index is 980. The highest BCUT2D eigenvalue weighted by atomic mass is 16.5. The smallest absolute Gasteiger partial charge is 0.148 e. The average Bonchev–Trinajstić information content (AvgIpc) is 3.18. The molecule has 0 fully saturated rings. The number of para-hydroxylation sites is 4. The van der Waals surface area contributed by atoms with Gasteiger partial charge in [-0.2, -0.15) is 0 Å². The molecule has 0 aliphatic heterocycles. The molecule has 0 saturated carbocycles. The lowest BCUT2D eigenvalue weighted by Crippen LogP contribution is -2.21. The molecule has 4 aromatic rings. The largest absolute Gasteiger partial charge is 0.370 e. The van der Waals surface area contributed by atoms with Gasteiger partial charge in [-0.15, -0.1) is 0 Å². The summed E-state index contributed by atoms with van der Waals surface area (Å²) in [5.74, 6) is 1.63. The summed E-state index contributed by atoms with van der Waals surface area (Å²) in [6.45, 7) is 0. The number of aryl methyl sites for hydroxylation is 2. The van der Waals surface area contributed by atoms with Crippen molar-refractivity contribution in [3.05, 3.63) is 60.2 Å². The number of rotatable bonds is 5. The third-order valence-electron chi connectivity index (χ3n) is 4.94. The lowest BCUT2D eigenvalue weighted by molar-refractivity contribution is -0.0502. The first-order valence-electron chi connectivity index (χ1n) is 8.54. The molecule has 6 nitrogen and oxygen atoms in total. The summed E-state index contributed by atoms with van der Waals surface area (Å²) in [5, 5.41) is 0. The maximum Gasteiger partial charge on any atom is 0.148 e. The number of fused-ring (bicyclic) bond motifs is 2. The summed E-state index contributed by atoms with van der Waals surface area (Å²) in [6.07, 6.45) is -0.763. The van der Waals surface area contributed by atoms with Gasteiger partial charge in [0.05, 0.1) is 22.1 Å². The standard InChI is InChI=1S/C20H22N4O2/c1-23-15-11-7-5-9-13(15)21-19(23)17(25-3)18(26-4)20-22-14-10-6-8-12-16(14)24(20)2/h5-12,17-18H,1-4H3/t17-,18-/m0/s1. The topological polar surface area (TPSA) is 54.1 Å². The molecule has 2 atom stereocenters. The summed E-state index contributed by atoms with van der Waals surface area (Å²) >= 11 is 0. The van der Waals surface area contributed by atoms with Crippen LogP contribution < -0.4 is 0 Å². The number of hydrogen-bond acceptors (Lipinski definition) is 4. The van der Waals surface area contributed by atoms with E-state index in [-0.39, 0.29) is 12.2 Å². The van der Waals surface area contributed by atoms with Crippen LogP contribution in [0.4, 0.5) is 0 Å². The number of imidazole rings is 2. The van der Waals surface area contributed by atoms with E-state index in [1.165, 1.54) is 0 Å². The number of methoxy groups -OCH3 is 2. The lowest BCUT2D eigenvalue weighted by atomic mass is 10.1. The van der Waals surface area contributed by atoms with E-state index in [1.54, 1.807) is 14.2 Å². The molecule has 0 amide bonds. The third-order valence-corrected chi connectivity index (χ3v) is 4.94. The minimum Gasteiger partial charge on any atom is -0.370 e. The fourth-order valence-electron chi connectivity index (χ4n) is 3.57. The minimum absolute atomic E-state index is 0.382. The first-order valence-corrected chi connectivity index (χ1v) is 8.54. The molecule has 0 N–H and O–H groups in total. The van der Waals surface area contributed by atoms with E-state index >= 15 is 0 Å². The highest BCUT2D eigenvalue weighted by molar-refractivity contribution is 5.76. The van der Waals surface area contributed by atoms with Crippen LogP contribution in [0, 0.1) is 0 Å². The molecule has 0 aliphatic carbocycles. The van der Waals surface area contributed by atoms with Crippen molar-refractivity contribution in [2.45, 2.75) is 12.2 Å². The van der Waals surface area contributed by atoms with E-state index in [1.807, 2.05) is 50.5 Å². The van der Waals surface area contributed by atoms with Crippen LogP contribution in [0.3, 0.4) is 0 Å². The molecular formula is C20H22N4O2. The predicted molar refractivity (Wildman–Crippen MR) is 101 cm³/mol. The molecule has 0 saturated heterocycles. The van der Waals surface area contributed by atoms with Gasteiger partial charge in [-0.25, -0.2) is 9.97 Å². The number of nitrogens with zero attached hydrogens (tertiary/aromatic N) is 4. The molecule has 2 aromatic heterocycles. The highest BCUT2D eigenvalue weighted by Crippen LogP contribution is 2.35. The first kappa shape index (κ1) is 16.8. The van der Waals surface area contributed by atoms with Crippen molar-refractivity contribution in [3.8, 4) is 0 Å². The van der Waals surface area contributed by atoms with Gasteiger partial charge < -0.3 is 18.6 Å². The van der Waals surface area contributed by atoms with Crippen LogP contribution in [0.5, 0.6) is 0 Å². The fourth-order valence-corrected chi connectivity index (χ4v) is 3.57. The van der Waals surface area contributed by atoms with E-state index in [2.05, 4.69) is 21.3 Å². The molecule has 0 bridgehead atoms. The van der Waals surface area contributed by atoms with Gasteiger partial charge in [0.2, 0.25) is 0 Å². The van der Waals surface area contributed by atoms with E-state index in [9.17, 15) is 0 Å². The number of benzene rings is 2. The summed E-state index contributed by atoms with van der Waals surface area (Å²) in [5.41, 5.74) is 3.99. The van der Waals surface area contributed by atoms with Crippen molar-refractivity contribution in [3.63, 3.8) is 0 Å². The number of hydrogen-bond donors (Lipinski definition) is 0. The van der Waals surface area contributed by atoms with Gasteiger partial charge >= 0.3 is 0 Å². The molecule has 134 valence electrons. The van der Waals surface area contributed by atoms with Crippen LogP contribution in [0.2, 0.25) is 0 Å². The first-order chi connectivity index (χ1) is 12.7. The number of ether oxygens (including phenoxy) is 2. The molecule has 0 radical (unpaired) electrons. The van der Waals surface area contributed by atoms with Crippen molar-refractivity contribution in [1.29, 1.82) is 0 Å². The van der Waals surface area contributed by atoms with Crippen molar-refractivity contribution in [1.82, 2.24) is 19.1 Å².